The number of nitrogens with one attached hydrogen (secondary N) is 1. The Kier molecular flexibility index (Phi) is 12.4. The van der Waals surface area contributed by atoms with Gasteiger partial charge in [0.2, 0.25) is 0 Å². The number of aliphatic hydroxyl groups is 1. The molecule has 1 fully saturated rings. The van der Waals surface area contributed by atoms with Crippen molar-refractivity contribution >= 4 is 81.8 Å². The molecular formula is C40H42Cl2N5O8PSSi. The van der Waals surface area contributed by atoms with E-state index < -0.39 is 54.1 Å². The van der Waals surface area contributed by atoms with Crippen LogP contribution in [0, 0.1) is 0 Å². The third-order valence-electron chi connectivity index (χ3n) is 9.44. The SMILES string of the molecule is CC(C)(C)O[Si](OC[C@H]1O[C@@H](n2cnc3c(NC(=O)c4ccccc4)ncnc32)CC1(O)S(Cc1ccc(Cl)cc1Cl)=P(O)(O)O)(c1ccccc1)c1ccccc1. The molecule has 1 aliphatic rings. The van der Waals surface area contributed by atoms with Gasteiger partial charge in [-0.3, -0.25) is 9.36 Å². The minimum Gasteiger partial charge on any atom is -0.385 e. The Labute approximate surface area is 348 Å². The summed E-state index contributed by atoms with van der Waals surface area (Å²) in [6.07, 6.45) is 0.106. The van der Waals surface area contributed by atoms with Crippen molar-refractivity contribution in [1.29, 1.82) is 0 Å². The fourth-order valence-corrected chi connectivity index (χ4v) is 15.8. The van der Waals surface area contributed by atoms with Crippen LogP contribution in [0.1, 0.15) is 49.3 Å². The van der Waals surface area contributed by atoms with Crippen molar-refractivity contribution in [2.45, 2.75) is 55.8 Å². The second-order valence-corrected chi connectivity index (χ2v) is 23.9. The summed E-state index contributed by atoms with van der Waals surface area (Å²) >= 11 is 12.8. The lowest BCUT2D eigenvalue weighted by molar-refractivity contribution is -0.0548. The van der Waals surface area contributed by atoms with Crippen LogP contribution in [-0.2, 0) is 29.4 Å². The average Bonchev–Trinajstić information content (AvgIpc) is 3.78. The summed E-state index contributed by atoms with van der Waals surface area (Å²) in [5.74, 6) is -0.494. The molecule has 4 atom stereocenters. The molecule has 7 rings (SSSR count). The molecule has 5 N–H and O–H groups in total. The van der Waals surface area contributed by atoms with E-state index >= 15 is 0 Å². The van der Waals surface area contributed by atoms with Crippen LogP contribution in [0.15, 0.2) is 122 Å². The molecule has 2 aromatic heterocycles. The summed E-state index contributed by atoms with van der Waals surface area (Å²) in [7, 11) is -5.66. The number of rotatable bonds is 12. The number of hydrogen-bond acceptors (Lipinski definition) is 8. The molecule has 4 aromatic carbocycles. The number of hydrogen-bond donors (Lipinski definition) is 5. The zero-order valence-electron chi connectivity index (χ0n) is 31.6. The molecule has 3 heterocycles. The van der Waals surface area contributed by atoms with Crippen molar-refractivity contribution in [2.24, 2.45) is 0 Å². The summed E-state index contributed by atoms with van der Waals surface area (Å²) in [5.41, 5.74) is 0.642. The maximum Gasteiger partial charge on any atom is 0.407 e. The first-order chi connectivity index (χ1) is 27.6. The van der Waals surface area contributed by atoms with Gasteiger partial charge in [-0.05, 0) is 61.0 Å². The first-order valence-electron chi connectivity index (χ1n) is 18.2. The maximum absolute atomic E-state index is 13.1. The Morgan fingerprint density at radius 1 is 0.948 bits per heavy atom. The van der Waals surface area contributed by atoms with Gasteiger partial charge in [0.05, 0.1) is 18.5 Å². The van der Waals surface area contributed by atoms with Gasteiger partial charge < -0.3 is 38.7 Å². The average molecular weight is 883 g/mol. The molecule has 0 saturated carbocycles. The molecule has 0 aliphatic carbocycles. The molecule has 304 valence electrons. The number of ether oxygens (including phenoxy) is 1. The van der Waals surface area contributed by atoms with Gasteiger partial charge in [-0.25, -0.2) is 15.0 Å². The summed E-state index contributed by atoms with van der Waals surface area (Å²) in [4.78, 5) is 57.7. The Morgan fingerprint density at radius 3 is 2.16 bits per heavy atom. The summed E-state index contributed by atoms with van der Waals surface area (Å²) < 4.78 is 22.2. The van der Waals surface area contributed by atoms with Crippen LogP contribution >= 0.6 is 29.9 Å². The first-order valence-corrected chi connectivity index (χ1v) is 24.4. The fraction of sp³-hybridized carbons (Fsp3) is 0.250. The van der Waals surface area contributed by atoms with Crippen molar-refractivity contribution in [3.05, 3.63) is 143 Å². The number of amides is 1. The van der Waals surface area contributed by atoms with Crippen LogP contribution < -0.4 is 15.7 Å². The van der Waals surface area contributed by atoms with Crippen molar-refractivity contribution in [1.82, 2.24) is 19.5 Å². The number of benzene rings is 4. The van der Waals surface area contributed by atoms with Gasteiger partial charge in [0.15, 0.2) is 17.0 Å². The highest BCUT2D eigenvalue weighted by Gasteiger charge is 2.55. The summed E-state index contributed by atoms with van der Waals surface area (Å²) in [6, 6.07) is 32.4. The Morgan fingerprint density at radius 2 is 1.57 bits per heavy atom. The van der Waals surface area contributed by atoms with E-state index in [4.69, 9.17) is 36.8 Å². The van der Waals surface area contributed by atoms with E-state index in [9.17, 15) is 24.6 Å². The van der Waals surface area contributed by atoms with Crippen LogP contribution in [0.3, 0.4) is 0 Å². The van der Waals surface area contributed by atoms with E-state index in [1.165, 1.54) is 18.7 Å². The fourth-order valence-electron chi connectivity index (χ4n) is 6.86. The normalized spacial score (nSPS) is 19.3. The second kappa shape index (κ2) is 17.1. The number of carbonyl (C=O) groups is 1. The predicted molar refractivity (Wildman–Crippen MR) is 229 cm³/mol. The third-order valence-corrected chi connectivity index (χ3v) is 19.2. The standard InChI is InChI=1S/C40H42Cl2N5O8PSSi/c1-39(2,3)55-58(30-15-9-5-10-16-30,31-17-11-6-12-18-31)53-23-33-40(49,57(56(50,51)52)24-28-19-20-29(41)21-32(28)42)22-34(54-33)47-26-45-35-36(43-25-44-37(35)47)46-38(48)27-13-7-4-8-14-27/h4-21,25-26,33-34,49-52H,22-24H2,1-3H3,(H,43,44,46,48)/t33-,34-,40?,57?/m1/s1. The molecule has 1 saturated heterocycles. The lowest BCUT2D eigenvalue weighted by Crippen LogP contribution is -2.67. The topological polar surface area (TPSA) is 181 Å². The Balaban J connectivity index is 1.32. The van der Waals surface area contributed by atoms with Crippen LogP contribution in [0.4, 0.5) is 5.82 Å². The van der Waals surface area contributed by atoms with Crippen LogP contribution in [0.2, 0.25) is 10.0 Å². The number of fused-ring (bicyclic) bond motifs is 1. The van der Waals surface area contributed by atoms with Gasteiger partial charge in [-0.1, -0.05) is 118 Å². The highest BCUT2D eigenvalue weighted by Crippen LogP contribution is 2.51. The molecule has 1 aliphatic heterocycles. The van der Waals surface area contributed by atoms with Gasteiger partial charge in [-0.15, -0.1) is 0 Å². The van der Waals surface area contributed by atoms with Gasteiger partial charge >= 0.3 is 8.56 Å². The van der Waals surface area contributed by atoms with Gasteiger partial charge in [-0.2, -0.15) is 0 Å². The maximum atomic E-state index is 13.1. The first kappa shape index (κ1) is 42.3. The molecule has 0 spiro atoms. The molecule has 58 heavy (non-hydrogen) atoms. The lowest BCUT2D eigenvalue weighted by Gasteiger charge is -2.40. The zero-order chi connectivity index (χ0) is 41.3. The molecule has 0 radical (unpaired) electrons. The van der Waals surface area contributed by atoms with Gasteiger partial charge in [0, 0.05) is 27.8 Å². The molecule has 18 heteroatoms. The number of aromatic nitrogens is 4. The second-order valence-electron chi connectivity index (χ2n) is 14.6. The highest BCUT2D eigenvalue weighted by atomic mass is 35.5. The molecular weight excluding hydrogens is 840 g/mol. The number of anilines is 1. The summed E-state index contributed by atoms with van der Waals surface area (Å²) in [6.45, 7) is 0.623. The smallest absolute Gasteiger partial charge is 0.385 e. The molecule has 0 bridgehead atoms. The van der Waals surface area contributed by atoms with E-state index in [1.807, 2.05) is 81.4 Å². The molecule has 13 nitrogen and oxygen atoms in total. The van der Waals surface area contributed by atoms with Crippen molar-refractivity contribution < 1.29 is 38.2 Å². The highest BCUT2D eigenvalue weighted by molar-refractivity contribution is 8.27. The van der Waals surface area contributed by atoms with E-state index in [2.05, 4.69) is 20.3 Å². The van der Waals surface area contributed by atoms with Crippen molar-refractivity contribution in [3.63, 3.8) is 0 Å². The number of imidazole rings is 1. The van der Waals surface area contributed by atoms with Crippen LogP contribution in [0.25, 0.3) is 11.2 Å². The quantitative estimate of drug-likeness (QED) is 0.0727. The minimum absolute atomic E-state index is 0.148. The predicted octanol–water partition coefficient (Wildman–Crippen LogP) is 5.92. The molecule has 6 aromatic rings. The van der Waals surface area contributed by atoms with Crippen LogP contribution in [0.5, 0.6) is 0 Å². The number of carbonyl (C=O) groups excluding carboxylic acids is 1. The molecule has 1 amide bonds. The van der Waals surface area contributed by atoms with Gasteiger partial charge in [0.1, 0.15) is 23.6 Å². The third kappa shape index (κ3) is 9.01. The van der Waals surface area contributed by atoms with E-state index in [1.54, 1.807) is 47.0 Å². The zero-order valence-corrected chi connectivity index (χ0v) is 35.9. The van der Waals surface area contributed by atoms with E-state index in [0.29, 0.717) is 16.1 Å². The number of halogens is 2. The lowest BCUT2D eigenvalue weighted by atomic mass is 10.2. The number of nitrogens with zero attached hydrogens (tertiary/aromatic N) is 4. The monoisotopic (exact) mass is 881 g/mol. The van der Waals surface area contributed by atoms with E-state index in [-0.39, 0.29) is 40.8 Å². The summed E-state index contributed by atoms with van der Waals surface area (Å²) in [5, 5.41) is 17.9. The van der Waals surface area contributed by atoms with E-state index in [0.717, 1.165) is 10.4 Å². The minimum atomic E-state index is -4.86. The molecule has 2 unspecified atom stereocenters. The largest absolute Gasteiger partial charge is 0.407 e. The van der Waals surface area contributed by atoms with Gasteiger partial charge in [0.25, 0.3) is 12.6 Å². The Bertz CT molecular complexity index is 2430. The Hall–Kier alpha value is -3.80. The van der Waals surface area contributed by atoms with Crippen LogP contribution in [-0.4, -0.2) is 77.0 Å². The van der Waals surface area contributed by atoms with Crippen molar-refractivity contribution in [2.75, 3.05) is 11.9 Å². The van der Waals surface area contributed by atoms with Crippen molar-refractivity contribution in [3.8, 4) is 0 Å².